The number of para-hydroxylation sites is 2. The summed E-state index contributed by atoms with van der Waals surface area (Å²) in [4.78, 5) is 0. The number of fused-ring (bicyclic) bond motifs is 1. The van der Waals surface area contributed by atoms with Gasteiger partial charge in [-0.3, -0.25) is 0 Å². The van der Waals surface area contributed by atoms with Crippen LogP contribution in [-0.4, -0.2) is 13.2 Å². The zero-order chi connectivity index (χ0) is 7.68. The van der Waals surface area contributed by atoms with E-state index in [2.05, 4.69) is 0 Å². The molecule has 3 heteroatoms. The summed E-state index contributed by atoms with van der Waals surface area (Å²) >= 11 is 0. The predicted octanol–water partition coefficient (Wildman–Crippen LogP) is 0.0932. The van der Waals surface area contributed by atoms with Gasteiger partial charge in [0, 0.05) is 6.07 Å². The molecule has 0 saturated carbocycles. The molecule has 1 aromatic rings. The number of nitrogens with one attached hydrogen (secondary N) is 1. The SMILES string of the molecule is [O-][NH+]1CCOc2ccccc21. The van der Waals surface area contributed by atoms with Crippen molar-refractivity contribution < 1.29 is 9.80 Å². The maximum absolute atomic E-state index is 11.2. The van der Waals surface area contributed by atoms with Crippen molar-refractivity contribution in [1.29, 1.82) is 0 Å². The van der Waals surface area contributed by atoms with Gasteiger partial charge in [0.2, 0.25) is 0 Å². The Hall–Kier alpha value is -1.06. The van der Waals surface area contributed by atoms with Crippen molar-refractivity contribution in [1.82, 2.24) is 0 Å². The fourth-order valence-corrected chi connectivity index (χ4v) is 1.21. The second-order valence-corrected chi connectivity index (χ2v) is 2.52. The first-order chi connectivity index (χ1) is 5.38. The molecule has 0 saturated heterocycles. The monoisotopic (exact) mass is 151 g/mol. The third kappa shape index (κ3) is 1.08. The van der Waals surface area contributed by atoms with Crippen LogP contribution in [0.4, 0.5) is 5.69 Å². The average Bonchev–Trinajstić information content (AvgIpc) is 2.06. The van der Waals surface area contributed by atoms with E-state index in [1.54, 1.807) is 6.07 Å². The number of hydrogen-bond donors (Lipinski definition) is 1. The number of hydrogen-bond acceptors (Lipinski definition) is 2. The molecule has 1 N–H and O–H groups in total. The molecule has 1 heterocycles. The predicted molar refractivity (Wildman–Crippen MR) is 40.8 cm³/mol. The van der Waals surface area contributed by atoms with Crippen LogP contribution in [0.15, 0.2) is 24.3 Å². The molecular formula is C8H9NO2. The van der Waals surface area contributed by atoms with Crippen molar-refractivity contribution in [3.05, 3.63) is 29.5 Å². The van der Waals surface area contributed by atoms with Gasteiger partial charge in [0.05, 0.1) is 0 Å². The molecule has 0 aromatic heterocycles. The second kappa shape index (κ2) is 2.53. The Morgan fingerprint density at radius 2 is 2.18 bits per heavy atom. The Morgan fingerprint density at radius 3 is 3.00 bits per heavy atom. The molecule has 0 spiro atoms. The lowest BCUT2D eigenvalue weighted by atomic mass is 10.2. The first kappa shape index (κ1) is 6.64. The second-order valence-electron chi connectivity index (χ2n) is 2.52. The number of hydroxylamine groups is 1. The van der Waals surface area contributed by atoms with Gasteiger partial charge in [0.25, 0.3) is 0 Å². The molecule has 0 fully saturated rings. The van der Waals surface area contributed by atoms with Crippen LogP contribution in [0.2, 0.25) is 0 Å². The summed E-state index contributed by atoms with van der Waals surface area (Å²) in [6.45, 7) is 1.03. The number of quaternary nitrogens is 1. The highest BCUT2D eigenvalue weighted by molar-refractivity contribution is 5.46. The molecule has 0 bridgehead atoms. The summed E-state index contributed by atoms with van der Waals surface area (Å²) in [7, 11) is 0. The Kier molecular flexibility index (Phi) is 1.52. The lowest BCUT2D eigenvalue weighted by molar-refractivity contribution is -0.780. The lowest BCUT2D eigenvalue weighted by Gasteiger charge is -2.27. The van der Waals surface area contributed by atoms with E-state index in [4.69, 9.17) is 4.74 Å². The fraction of sp³-hybridized carbons (Fsp3) is 0.250. The van der Waals surface area contributed by atoms with Gasteiger partial charge in [-0.25, -0.2) is 0 Å². The Bertz CT molecular complexity index is 262. The first-order valence-electron chi connectivity index (χ1n) is 3.63. The molecule has 1 aliphatic rings. The minimum atomic E-state index is 0.187. The summed E-state index contributed by atoms with van der Waals surface area (Å²) in [5.41, 5.74) is 0.721. The summed E-state index contributed by atoms with van der Waals surface area (Å²) in [5, 5.41) is 11.4. The maximum Gasteiger partial charge on any atom is 0.180 e. The molecule has 1 aliphatic heterocycles. The van der Waals surface area contributed by atoms with Gasteiger partial charge in [-0.05, 0) is 6.07 Å². The van der Waals surface area contributed by atoms with Gasteiger partial charge in [0.1, 0.15) is 13.2 Å². The highest BCUT2D eigenvalue weighted by Gasteiger charge is 2.15. The van der Waals surface area contributed by atoms with Gasteiger partial charge < -0.3 is 15.0 Å². The van der Waals surface area contributed by atoms with Crippen LogP contribution in [0.3, 0.4) is 0 Å². The van der Waals surface area contributed by atoms with Crippen molar-refractivity contribution in [2.24, 2.45) is 0 Å². The van der Waals surface area contributed by atoms with E-state index in [9.17, 15) is 5.21 Å². The molecule has 3 nitrogen and oxygen atoms in total. The third-order valence-corrected chi connectivity index (χ3v) is 1.77. The minimum absolute atomic E-state index is 0.187. The molecule has 1 unspecified atom stereocenters. The van der Waals surface area contributed by atoms with Gasteiger partial charge >= 0.3 is 0 Å². The zero-order valence-electron chi connectivity index (χ0n) is 6.04. The average molecular weight is 151 g/mol. The largest absolute Gasteiger partial charge is 0.629 e. The standard InChI is InChI=1S/C8H9NO2/c10-9-5-6-11-8-4-2-1-3-7(8)9/h1-4,9H,5-6H2. The minimum Gasteiger partial charge on any atom is -0.629 e. The van der Waals surface area contributed by atoms with E-state index >= 15 is 0 Å². The quantitative estimate of drug-likeness (QED) is 0.534. The molecular weight excluding hydrogens is 142 g/mol. The van der Waals surface area contributed by atoms with E-state index in [1.165, 1.54) is 0 Å². The molecule has 11 heavy (non-hydrogen) atoms. The van der Waals surface area contributed by atoms with Crippen LogP contribution in [0.25, 0.3) is 0 Å². The van der Waals surface area contributed by atoms with E-state index in [0.717, 1.165) is 11.4 Å². The molecule has 58 valence electrons. The maximum atomic E-state index is 11.2. The summed E-state index contributed by atoms with van der Waals surface area (Å²) in [5.74, 6) is 0.726. The topological polar surface area (TPSA) is 36.7 Å². The van der Waals surface area contributed by atoms with E-state index in [0.29, 0.717) is 13.2 Å². The summed E-state index contributed by atoms with van der Waals surface area (Å²) < 4.78 is 5.27. The molecule has 0 amide bonds. The zero-order valence-corrected chi connectivity index (χ0v) is 6.04. The Morgan fingerprint density at radius 1 is 1.36 bits per heavy atom. The molecule has 1 atom stereocenters. The van der Waals surface area contributed by atoms with Gasteiger partial charge in [-0.2, -0.15) is 0 Å². The van der Waals surface area contributed by atoms with E-state index < -0.39 is 0 Å². The molecule has 2 rings (SSSR count). The lowest BCUT2D eigenvalue weighted by Crippen LogP contribution is -3.03. The number of ether oxygens (including phenoxy) is 1. The van der Waals surface area contributed by atoms with E-state index in [1.807, 2.05) is 18.2 Å². The van der Waals surface area contributed by atoms with Crippen LogP contribution in [0.5, 0.6) is 5.75 Å². The highest BCUT2D eigenvalue weighted by atomic mass is 16.5. The highest BCUT2D eigenvalue weighted by Crippen LogP contribution is 2.21. The normalized spacial score (nSPS) is 22.1. The van der Waals surface area contributed by atoms with E-state index in [-0.39, 0.29) is 5.06 Å². The van der Waals surface area contributed by atoms with Crippen molar-refractivity contribution in [2.75, 3.05) is 13.2 Å². The fourth-order valence-electron chi connectivity index (χ4n) is 1.21. The van der Waals surface area contributed by atoms with Crippen molar-refractivity contribution in [3.8, 4) is 5.75 Å². The summed E-state index contributed by atoms with van der Waals surface area (Å²) in [6.07, 6.45) is 0. The molecule has 1 aromatic carbocycles. The van der Waals surface area contributed by atoms with Crippen LogP contribution >= 0.6 is 0 Å². The smallest absolute Gasteiger partial charge is 0.180 e. The third-order valence-electron chi connectivity index (χ3n) is 1.77. The first-order valence-corrected chi connectivity index (χ1v) is 3.63. The Balaban J connectivity index is 2.44. The van der Waals surface area contributed by atoms with Gasteiger partial charge in [-0.1, -0.05) is 12.1 Å². The van der Waals surface area contributed by atoms with Crippen molar-refractivity contribution in [3.63, 3.8) is 0 Å². The van der Waals surface area contributed by atoms with Crippen molar-refractivity contribution in [2.45, 2.75) is 0 Å². The van der Waals surface area contributed by atoms with Crippen LogP contribution in [0, 0.1) is 5.21 Å². The van der Waals surface area contributed by atoms with Gasteiger partial charge in [0.15, 0.2) is 11.4 Å². The van der Waals surface area contributed by atoms with Crippen LogP contribution < -0.4 is 9.80 Å². The van der Waals surface area contributed by atoms with Gasteiger partial charge in [-0.15, -0.1) is 0 Å². The summed E-state index contributed by atoms with van der Waals surface area (Å²) in [6, 6.07) is 7.35. The van der Waals surface area contributed by atoms with Crippen molar-refractivity contribution >= 4 is 5.69 Å². The Labute approximate surface area is 64.8 Å². The number of rotatable bonds is 0. The van der Waals surface area contributed by atoms with Crippen LogP contribution in [0.1, 0.15) is 0 Å². The van der Waals surface area contributed by atoms with Crippen LogP contribution in [-0.2, 0) is 0 Å². The molecule has 0 aliphatic carbocycles. The molecule has 0 radical (unpaired) electrons. The number of benzene rings is 1.